The molecule has 1 aromatic carbocycles. The number of nitriles is 1. The molecule has 1 aromatic heterocycles. The Hall–Kier alpha value is -2.87. The van der Waals surface area contributed by atoms with E-state index in [2.05, 4.69) is 45.1 Å². The van der Waals surface area contributed by atoms with Gasteiger partial charge in [0.25, 0.3) is 0 Å². The predicted octanol–water partition coefficient (Wildman–Crippen LogP) is 3.53. The van der Waals surface area contributed by atoms with Crippen molar-refractivity contribution in [1.29, 1.82) is 5.26 Å². The van der Waals surface area contributed by atoms with Crippen molar-refractivity contribution in [3.05, 3.63) is 59.8 Å². The van der Waals surface area contributed by atoms with E-state index in [0.717, 1.165) is 51.1 Å². The first-order chi connectivity index (χ1) is 13.3. The van der Waals surface area contributed by atoms with Gasteiger partial charge in [-0.3, -0.25) is 4.79 Å². The van der Waals surface area contributed by atoms with Gasteiger partial charge in [-0.2, -0.15) is 5.26 Å². The highest BCUT2D eigenvalue weighted by atomic mass is 16.2. The summed E-state index contributed by atoms with van der Waals surface area (Å²) in [5.41, 5.74) is 1.83. The first-order valence-electron chi connectivity index (χ1n) is 9.73. The van der Waals surface area contributed by atoms with Gasteiger partial charge in [0.1, 0.15) is 11.9 Å². The van der Waals surface area contributed by atoms with Crippen LogP contribution in [0.3, 0.4) is 0 Å². The second-order valence-electron chi connectivity index (χ2n) is 7.38. The maximum atomic E-state index is 13.2. The number of benzene rings is 1. The number of carbonyl (C=O) groups is 1. The number of aromatic nitrogens is 1. The van der Waals surface area contributed by atoms with Crippen LogP contribution in [0.4, 0.5) is 5.82 Å². The molecule has 0 saturated carbocycles. The summed E-state index contributed by atoms with van der Waals surface area (Å²) in [5.74, 6) is 1.31. The Morgan fingerprint density at radius 2 is 1.81 bits per heavy atom. The Morgan fingerprint density at radius 3 is 2.48 bits per heavy atom. The highest BCUT2D eigenvalue weighted by molar-refractivity contribution is 5.80. The van der Waals surface area contributed by atoms with Gasteiger partial charge in [0, 0.05) is 31.7 Å². The lowest BCUT2D eigenvalue weighted by atomic mass is 9.94. The molecule has 0 spiro atoms. The quantitative estimate of drug-likeness (QED) is 0.840. The number of pyridine rings is 1. The lowest BCUT2D eigenvalue weighted by molar-refractivity contribution is -0.137. The van der Waals surface area contributed by atoms with Crippen LogP contribution in [0.5, 0.6) is 0 Å². The molecule has 1 atom stereocenters. The molecule has 5 heteroatoms. The summed E-state index contributed by atoms with van der Waals surface area (Å²) in [6.45, 7) is 2.54. The summed E-state index contributed by atoms with van der Waals surface area (Å²) < 4.78 is 0. The van der Waals surface area contributed by atoms with Gasteiger partial charge in [0.15, 0.2) is 0 Å². The molecule has 0 radical (unpaired) electrons. The minimum absolute atomic E-state index is 0.101. The molecule has 5 nitrogen and oxygen atoms in total. The lowest BCUT2D eigenvalue weighted by Gasteiger charge is -2.35. The molecule has 138 valence electrons. The minimum Gasteiger partial charge on any atom is -0.357 e. The van der Waals surface area contributed by atoms with Gasteiger partial charge in [-0.1, -0.05) is 30.3 Å². The fourth-order valence-corrected chi connectivity index (χ4v) is 4.28. The number of anilines is 1. The maximum absolute atomic E-state index is 13.2. The van der Waals surface area contributed by atoms with Gasteiger partial charge in [0.05, 0.1) is 11.6 Å². The zero-order chi connectivity index (χ0) is 18.6. The van der Waals surface area contributed by atoms with E-state index in [1.807, 2.05) is 12.1 Å². The van der Waals surface area contributed by atoms with Gasteiger partial charge in [0.2, 0.25) is 5.91 Å². The third-order valence-electron chi connectivity index (χ3n) is 5.77. The molecule has 0 aliphatic carbocycles. The third-order valence-corrected chi connectivity index (χ3v) is 5.77. The first-order valence-corrected chi connectivity index (χ1v) is 9.73. The van der Waals surface area contributed by atoms with Crippen molar-refractivity contribution in [3.8, 4) is 6.07 Å². The lowest BCUT2D eigenvalue weighted by Crippen LogP contribution is -2.42. The number of carbonyl (C=O) groups excluding carboxylic acids is 1. The fraction of sp³-hybridized carbons (Fsp3) is 0.409. The molecule has 27 heavy (non-hydrogen) atoms. The van der Waals surface area contributed by atoms with Crippen molar-refractivity contribution >= 4 is 11.7 Å². The molecule has 2 aromatic rings. The highest BCUT2D eigenvalue weighted by Crippen LogP contribution is 2.34. The van der Waals surface area contributed by atoms with E-state index in [1.54, 1.807) is 12.3 Å². The highest BCUT2D eigenvalue weighted by Gasteiger charge is 2.35. The largest absolute Gasteiger partial charge is 0.357 e. The van der Waals surface area contributed by atoms with E-state index < -0.39 is 0 Å². The van der Waals surface area contributed by atoms with Crippen LogP contribution < -0.4 is 4.90 Å². The Morgan fingerprint density at radius 1 is 1.04 bits per heavy atom. The number of amides is 1. The van der Waals surface area contributed by atoms with Crippen molar-refractivity contribution in [1.82, 2.24) is 9.88 Å². The van der Waals surface area contributed by atoms with Gasteiger partial charge in [-0.05, 0) is 43.4 Å². The molecule has 2 aliphatic rings. The summed E-state index contributed by atoms with van der Waals surface area (Å²) in [6, 6.07) is 16.4. The summed E-state index contributed by atoms with van der Waals surface area (Å²) in [6.07, 6.45) is 5.47. The number of hydrogen-bond donors (Lipinski definition) is 0. The van der Waals surface area contributed by atoms with E-state index in [0.29, 0.717) is 11.5 Å². The Bertz CT molecular complexity index is 820. The van der Waals surface area contributed by atoms with Gasteiger partial charge < -0.3 is 9.80 Å². The molecular formula is C22H24N4O. The number of rotatable bonds is 3. The number of hydrogen-bond acceptors (Lipinski definition) is 4. The van der Waals surface area contributed by atoms with E-state index >= 15 is 0 Å². The molecule has 1 unspecified atom stereocenters. The van der Waals surface area contributed by atoms with Crippen LogP contribution in [0.25, 0.3) is 0 Å². The number of likely N-dealkylation sites (tertiary alicyclic amines) is 1. The van der Waals surface area contributed by atoms with Crippen LogP contribution in [0.1, 0.15) is 42.9 Å². The summed E-state index contributed by atoms with van der Waals surface area (Å²) in [5, 5.41) is 8.90. The SMILES string of the molecule is N#Cc1ccc(N2CCC(C(=O)N3CCCC3c3ccccc3)CC2)nc1. The second-order valence-corrected chi connectivity index (χ2v) is 7.38. The monoisotopic (exact) mass is 360 g/mol. The maximum Gasteiger partial charge on any atom is 0.226 e. The standard InChI is InChI=1S/C22H24N4O/c23-15-17-8-9-21(24-16-17)25-13-10-19(11-14-25)22(27)26-12-4-7-20(26)18-5-2-1-3-6-18/h1-3,5-6,8-9,16,19-20H,4,7,10-14H2. The van der Waals surface area contributed by atoms with Crippen LogP contribution in [-0.4, -0.2) is 35.4 Å². The molecule has 0 bridgehead atoms. The van der Waals surface area contributed by atoms with E-state index in [4.69, 9.17) is 5.26 Å². The molecule has 3 heterocycles. The van der Waals surface area contributed by atoms with Crippen molar-refractivity contribution in [2.45, 2.75) is 31.7 Å². The fourth-order valence-electron chi connectivity index (χ4n) is 4.28. The van der Waals surface area contributed by atoms with E-state index in [9.17, 15) is 4.79 Å². The van der Waals surface area contributed by atoms with Gasteiger partial charge >= 0.3 is 0 Å². The summed E-state index contributed by atoms with van der Waals surface area (Å²) in [7, 11) is 0. The van der Waals surface area contributed by atoms with Crippen LogP contribution in [-0.2, 0) is 4.79 Å². The molecule has 2 fully saturated rings. The van der Waals surface area contributed by atoms with Crippen molar-refractivity contribution in [2.75, 3.05) is 24.5 Å². The minimum atomic E-state index is 0.101. The Balaban J connectivity index is 1.39. The Labute approximate surface area is 160 Å². The van der Waals surface area contributed by atoms with Crippen LogP contribution in [0, 0.1) is 17.2 Å². The zero-order valence-corrected chi connectivity index (χ0v) is 15.4. The van der Waals surface area contributed by atoms with Crippen LogP contribution in [0.2, 0.25) is 0 Å². The molecule has 4 rings (SSSR count). The van der Waals surface area contributed by atoms with Crippen molar-refractivity contribution in [2.24, 2.45) is 5.92 Å². The third kappa shape index (κ3) is 3.66. The van der Waals surface area contributed by atoms with E-state index in [1.165, 1.54) is 5.56 Å². The molecule has 2 aliphatic heterocycles. The smallest absolute Gasteiger partial charge is 0.226 e. The molecule has 0 N–H and O–H groups in total. The normalized spacial score (nSPS) is 20.5. The average Bonchev–Trinajstić information content (AvgIpc) is 3.24. The predicted molar refractivity (Wildman–Crippen MR) is 104 cm³/mol. The van der Waals surface area contributed by atoms with Gasteiger partial charge in [-0.25, -0.2) is 4.98 Å². The number of piperidine rings is 1. The van der Waals surface area contributed by atoms with Crippen LogP contribution >= 0.6 is 0 Å². The van der Waals surface area contributed by atoms with Crippen molar-refractivity contribution in [3.63, 3.8) is 0 Å². The average molecular weight is 360 g/mol. The topological polar surface area (TPSA) is 60.2 Å². The van der Waals surface area contributed by atoms with Gasteiger partial charge in [-0.15, -0.1) is 0 Å². The van der Waals surface area contributed by atoms with Crippen molar-refractivity contribution < 1.29 is 4.79 Å². The first kappa shape index (κ1) is 17.5. The van der Waals surface area contributed by atoms with Crippen LogP contribution in [0.15, 0.2) is 48.7 Å². The second kappa shape index (κ2) is 7.79. The summed E-state index contributed by atoms with van der Waals surface area (Å²) >= 11 is 0. The van der Waals surface area contributed by atoms with E-state index in [-0.39, 0.29) is 12.0 Å². The summed E-state index contributed by atoms with van der Waals surface area (Å²) in [4.78, 5) is 21.9. The zero-order valence-electron chi connectivity index (χ0n) is 15.4. The number of nitrogens with zero attached hydrogens (tertiary/aromatic N) is 4. The Kier molecular flexibility index (Phi) is 5.06. The molecular weight excluding hydrogens is 336 g/mol. The molecule has 2 saturated heterocycles. The molecule has 1 amide bonds.